The molecule has 1 aromatic heterocycles. The van der Waals surface area contributed by atoms with Crippen LogP contribution < -0.4 is 0 Å². The highest BCUT2D eigenvalue weighted by Crippen LogP contribution is 2.28. The minimum atomic E-state index is 0.773. The van der Waals surface area contributed by atoms with Gasteiger partial charge in [-0.25, -0.2) is 4.98 Å². The van der Waals surface area contributed by atoms with E-state index >= 15 is 0 Å². The van der Waals surface area contributed by atoms with Crippen molar-refractivity contribution in [1.29, 1.82) is 0 Å². The summed E-state index contributed by atoms with van der Waals surface area (Å²) in [7, 11) is 0. The van der Waals surface area contributed by atoms with E-state index in [1.807, 2.05) is 36.4 Å². The standard InChI is InChI=1S/C15H11NS/c17-15-13(11-6-2-1-3-7-11)10-12-8-4-5-9-14(12)16-15/h1-10H,(H,16,17). The average molecular weight is 237 g/mol. The molecule has 0 aliphatic carbocycles. The molecule has 0 unspecified atom stereocenters. The van der Waals surface area contributed by atoms with E-state index in [4.69, 9.17) is 0 Å². The van der Waals surface area contributed by atoms with Crippen LogP contribution in [0.1, 0.15) is 0 Å². The second-order valence-electron chi connectivity index (χ2n) is 3.92. The highest BCUT2D eigenvalue weighted by Gasteiger charge is 2.05. The Bertz CT molecular complexity index is 662. The number of thiol groups is 1. The predicted octanol–water partition coefficient (Wildman–Crippen LogP) is 4.19. The van der Waals surface area contributed by atoms with E-state index in [-0.39, 0.29) is 0 Å². The van der Waals surface area contributed by atoms with Gasteiger partial charge in [0.25, 0.3) is 0 Å². The Balaban J connectivity index is 2.27. The molecule has 0 spiro atoms. The largest absolute Gasteiger partial charge is 0.241 e. The molecule has 0 aliphatic heterocycles. The zero-order valence-electron chi connectivity index (χ0n) is 9.17. The van der Waals surface area contributed by atoms with Crippen molar-refractivity contribution in [3.05, 3.63) is 60.7 Å². The molecule has 2 aromatic carbocycles. The molecule has 0 amide bonds. The van der Waals surface area contributed by atoms with Gasteiger partial charge in [-0.15, -0.1) is 12.6 Å². The van der Waals surface area contributed by atoms with Gasteiger partial charge < -0.3 is 0 Å². The van der Waals surface area contributed by atoms with Crippen LogP contribution in [0.4, 0.5) is 0 Å². The smallest absolute Gasteiger partial charge is 0.102 e. The van der Waals surface area contributed by atoms with Gasteiger partial charge in [-0.2, -0.15) is 0 Å². The molecule has 0 saturated carbocycles. The van der Waals surface area contributed by atoms with Crippen LogP contribution in [0.2, 0.25) is 0 Å². The second-order valence-corrected chi connectivity index (χ2v) is 4.34. The molecule has 0 aliphatic rings. The van der Waals surface area contributed by atoms with E-state index < -0.39 is 0 Å². The fourth-order valence-corrected chi connectivity index (χ4v) is 2.24. The van der Waals surface area contributed by atoms with Crippen LogP contribution in [0.3, 0.4) is 0 Å². The van der Waals surface area contributed by atoms with Crippen molar-refractivity contribution in [2.45, 2.75) is 5.03 Å². The van der Waals surface area contributed by atoms with Crippen molar-refractivity contribution in [3.8, 4) is 11.1 Å². The summed E-state index contributed by atoms with van der Waals surface area (Å²) < 4.78 is 0. The number of aromatic nitrogens is 1. The topological polar surface area (TPSA) is 12.9 Å². The molecule has 0 atom stereocenters. The number of hydrogen-bond acceptors (Lipinski definition) is 2. The summed E-state index contributed by atoms with van der Waals surface area (Å²) in [6.45, 7) is 0. The van der Waals surface area contributed by atoms with Crippen LogP contribution in [0.25, 0.3) is 22.0 Å². The highest BCUT2D eigenvalue weighted by atomic mass is 32.1. The normalized spacial score (nSPS) is 10.6. The van der Waals surface area contributed by atoms with Crippen LogP contribution in [-0.4, -0.2) is 4.98 Å². The van der Waals surface area contributed by atoms with E-state index in [2.05, 4.69) is 41.9 Å². The van der Waals surface area contributed by atoms with Gasteiger partial charge in [0.15, 0.2) is 0 Å². The van der Waals surface area contributed by atoms with Crippen LogP contribution in [-0.2, 0) is 0 Å². The fourth-order valence-electron chi connectivity index (χ4n) is 1.94. The first-order valence-corrected chi connectivity index (χ1v) is 5.93. The molecule has 2 heteroatoms. The van der Waals surface area contributed by atoms with E-state index in [1.54, 1.807) is 0 Å². The van der Waals surface area contributed by atoms with Crippen molar-refractivity contribution in [2.24, 2.45) is 0 Å². The van der Waals surface area contributed by atoms with Gasteiger partial charge in [0, 0.05) is 10.9 Å². The van der Waals surface area contributed by atoms with E-state index in [0.717, 1.165) is 27.1 Å². The maximum Gasteiger partial charge on any atom is 0.102 e. The van der Waals surface area contributed by atoms with Gasteiger partial charge in [0.05, 0.1) is 5.52 Å². The van der Waals surface area contributed by atoms with E-state index in [0.29, 0.717) is 0 Å². The molecule has 17 heavy (non-hydrogen) atoms. The Morgan fingerprint density at radius 1 is 0.824 bits per heavy atom. The number of hydrogen-bond donors (Lipinski definition) is 1. The Kier molecular flexibility index (Phi) is 2.57. The first kappa shape index (κ1) is 10.4. The third kappa shape index (κ3) is 1.92. The molecule has 0 saturated heterocycles. The quantitative estimate of drug-likeness (QED) is 0.626. The lowest BCUT2D eigenvalue weighted by molar-refractivity contribution is 1.20. The van der Waals surface area contributed by atoms with Crippen LogP contribution in [0, 0.1) is 0 Å². The minimum Gasteiger partial charge on any atom is -0.241 e. The van der Waals surface area contributed by atoms with Crippen molar-refractivity contribution < 1.29 is 0 Å². The van der Waals surface area contributed by atoms with E-state index in [9.17, 15) is 0 Å². The molecule has 1 heterocycles. The van der Waals surface area contributed by atoms with Gasteiger partial charge in [-0.05, 0) is 17.7 Å². The maximum absolute atomic E-state index is 4.52. The van der Waals surface area contributed by atoms with Crippen molar-refractivity contribution in [1.82, 2.24) is 4.98 Å². The molecule has 0 radical (unpaired) electrons. The molecule has 3 rings (SSSR count). The van der Waals surface area contributed by atoms with Crippen LogP contribution in [0.5, 0.6) is 0 Å². The third-order valence-corrected chi connectivity index (χ3v) is 3.13. The Labute approximate surface area is 106 Å². The Morgan fingerprint density at radius 2 is 1.53 bits per heavy atom. The number of fused-ring (bicyclic) bond motifs is 1. The monoisotopic (exact) mass is 237 g/mol. The molecular weight excluding hydrogens is 226 g/mol. The lowest BCUT2D eigenvalue weighted by Gasteiger charge is -2.06. The van der Waals surface area contributed by atoms with Gasteiger partial charge in [-0.3, -0.25) is 0 Å². The lowest BCUT2D eigenvalue weighted by Crippen LogP contribution is -1.86. The third-order valence-electron chi connectivity index (χ3n) is 2.79. The summed E-state index contributed by atoms with van der Waals surface area (Å²) in [6, 6.07) is 20.4. The first-order valence-electron chi connectivity index (χ1n) is 5.49. The summed E-state index contributed by atoms with van der Waals surface area (Å²) in [5.74, 6) is 0. The summed E-state index contributed by atoms with van der Waals surface area (Å²) in [5, 5.41) is 1.92. The second kappa shape index (κ2) is 4.22. The van der Waals surface area contributed by atoms with Crippen molar-refractivity contribution in [2.75, 3.05) is 0 Å². The van der Waals surface area contributed by atoms with Crippen molar-refractivity contribution in [3.63, 3.8) is 0 Å². The van der Waals surface area contributed by atoms with E-state index in [1.165, 1.54) is 0 Å². The number of nitrogens with zero attached hydrogens (tertiary/aromatic N) is 1. The number of rotatable bonds is 1. The highest BCUT2D eigenvalue weighted by molar-refractivity contribution is 7.80. The van der Waals surface area contributed by atoms with Gasteiger partial charge >= 0.3 is 0 Å². The summed E-state index contributed by atoms with van der Waals surface area (Å²) in [5.41, 5.74) is 3.21. The zero-order chi connectivity index (χ0) is 11.7. The maximum atomic E-state index is 4.52. The SMILES string of the molecule is Sc1nc2ccccc2cc1-c1ccccc1. The molecule has 1 nitrogen and oxygen atoms in total. The number of benzene rings is 2. The summed E-state index contributed by atoms with van der Waals surface area (Å²) >= 11 is 4.47. The lowest BCUT2D eigenvalue weighted by atomic mass is 10.1. The Hall–Kier alpha value is -1.80. The van der Waals surface area contributed by atoms with Crippen LogP contribution >= 0.6 is 12.6 Å². The molecule has 0 fully saturated rings. The zero-order valence-corrected chi connectivity index (χ0v) is 10.1. The minimum absolute atomic E-state index is 0.773. The van der Waals surface area contributed by atoms with Gasteiger partial charge in [0.1, 0.15) is 5.03 Å². The van der Waals surface area contributed by atoms with Gasteiger partial charge in [-0.1, -0.05) is 48.5 Å². The number of para-hydroxylation sites is 1. The molecular formula is C15H11NS. The van der Waals surface area contributed by atoms with Crippen molar-refractivity contribution >= 4 is 23.5 Å². The molecule has 0 N–H and O–H groups in total. The summed E-state index contributed by atoms with van der Waals surface area (Å²) in [6.07, 6.45) is 0. The molecule has 0 bridgehead atoms. The van der Waals surface area contributed by atoms with Crippen LogP contribution in [0.15, 0.2) is 65.7 Å². The average Bonchev–Trinajstić information content (AvgIpc) is 2.39. The van der Waals surface area contributed by atoms with Gasteiger partial charge in [0.2, 0.25) is 0 Å². The fraction of sp³-hybridized carbons (Fsp3) is 0. The predicted molar refractivity (Wildman–Crippen MR) is 74.4 cm³/mol. The number of pyridine rings is 1. The molecule has 3 aromatic rings. The Morgan fingerprint density at radius 3 is 2.35 bits per heavy atom. The molecule has 82 valence electrons. The first-order chi connectivity index (χ1) is 8.34. The summed E-state index contributed by atoms with van der Waals surface area (Å²) in [4.78, 5) is 4.52.